The van der Waals surface area contributed by atoms with E-state index in [-0.39, 0.29) is 0 Å². The van der Waals surface area contributed by atoms with Crippen molar-refractivity contribution in [1.82, 2.24) is 15.1 Å². The molecule has 2 aliphatic heterocycles. The molecule has 1 aromatic heterocycles. The van der Waals surface area contributed by atoms with Crippen molar-refractivity contribution in [3.05, 3.63) is 77.4 Å². The molecule has 5 rings (SSSR count). The van der Waals surface area contributed by atoms with Gasteiger partial charge in [0.05, 0.1) is 18.9 Å². The van der Waals surface area contributed by atoms with E-state index in [1.807, 2.05) is 0 Å². The molecule has 3 aromatic rings. The molecule has 1 fully saturated rings. The predicted molar refractivity (Wildman–Crippen MR) is 120 cm³/mol. The highest BCUT2D eigenvalue weighted by molar-refractivity contribution is 5.62. The van der Waals surface area contributed by atoms with Gasteiger partial charge in [-0.2, -0.15) is 0 Å². The van der Waals surface area contributed by atoms with Gasteiger partial charge in [-0.1, -0.05) is 42.5 Å². The van der Waals surface area contributed by atoms with Crippen LogP contribution in [0, 0.1) is 0 Å². The van der Waals surface area contributed by atoms with E-state index in [0.29, 0.717) is 5.92 Å². The van der Waals surface area contributed by atoms with E-state index in [1.54, 1.807) is 0 Å². The first kappa shape index (κ1) is 19.2. The van der Waals surface area contributed by atoms with Gasteiger partial charge in [-0.05, 0) is 54.9 Å². The quantitative estimate of drug-likeness (QED) is 0.666. The third-order valence-electron chi connectivity index (χ3n) is 6.24. The Kier molecular flexibility index (Phi) is 5.47. The Balaban J connectivity index is 1.45. The molecule has 0 radical (unpaired) electrons. The van der Waals surface area contributed by atoms with E-state index in [4.69, 9.17) is 4.74 Å². The SMILES string of the molecule is CN1CCC(c2ccccc2)c2ccc(-c3ccc(N4CCOCC4)nn3)cc2C1. The molecule has 2 aromatic carbocycles. The van der Waals surface area contributed by atoms with Crippen LogP contribution in [0.25, 0.3) is 11.3 Å². The Morgan fingerprint density at radius 1 is 0.900 bits per heavy atom. The molecule has 0 spiro atoms. The summed E-state index contributed by atoms with van der Waals surface area (Å²) in [5.41, 5.74) is 6.29. The lowest BCUT2D eigenvalue weighted by Crippen LogP contribution is -2.36. The Hall–Kier alpha value is -2.76. The minimum Gasteiger partial charge on any atom is -0.378 e. The fraction of sp³-hybridized carbons (Fsp3) is 0.360. The monoisotopic (exact) mass is 400 g/mol. The molecular weight excluding hydrogens is 372 g/mol. The molecule has 3 heterocycles. The summed E-state index contributed by atoms with van der Waals surface area (Å²) in [5.74, 6) is 1.37. The number of hydrogen-bond acceptors (Lipinski definition) is 5. The van der Waals surface area contributed by atoms with Crippen LogP contribution in [0.5, 0.6) is 0 Å². The minimum atomic E-state index is 0.440. The molecular formula is C25H28N4O. The maximum absolute atomic E-state index is 5.43. The highest BCUT2D eigenvalue weighted by Gasteiger charge is 2.23. The first-order valence-electron chi connectivity index (χ1n) is 10.8. The van der Waals surface area contributed by atoms with Gasteiger partial charge in [-0.15, -0.1) is 10.2 Å². The standard InChI is InChI=1S/C25H28N4O/c1-28-12-11-23(19-5-3-2-4-6-19)22-8-7-20(17-21(22)18-28)24-9-10-25(27-26-24)29-13-15-30-16-14-29/h2-10,17,23H,11-16,18H2,1H3. The lowest BCUT2D eigenvalue weighted by molar-refractivity contribution is 0.122. The van der Waals surface area contributed by atoms with Gasteiger partial charge >= 0.3 is 0 Å². The van der Waals surface area contributed by atoms with Crippen molar-refractivity contribution < 1.29 is 4.74 Å². The van der Waals surface area contributed by atoms with Crippen LogP contribution in [-0.4, -0.2) is 55.0 Å². The topological polar surface area (TPSA) is 41.5 Å². The molecule has 1 saturated heterocycles. The molecule has 0 bridgehead atoms. The smallest absolute Gasteiger partial charge is 0.151 e. The Morgan fingerprint density at radius 3 is 2.50 bits per heavy atom. The summed E-state index contributed by atoms with van der Waals surface area (Å²) in [5, 5.41) is 9.04. The van der Waals surface area contributed by atoms with Crippen LogP contribution in [0.2, 0.25) is 0 Å². The van der Waals surface area contributed by atoms with Crippen molar-refractivity contribution in [3.8, 4) is 11.3 Å². The molecule has 0 N–H and O–H groups in total. The van der Waals surface area contributed by atoms with E-state index in [0.717, 1.165) is 62.9 Å². The largest absolute Gasteiger partial charge is 0.378 e. The van der Waals surface area contributed by atoms with Gasteiger partial charge in [0.1, 0.15) is 0 Å². The van der Waals surface area contributed by atoms with Gasteiger partial charge in [0.15, 0.2) is 5.82 Å². The highest BCUT2D eigenvalue weighted by atomic mass is 16.5. The van der Waals surface area contributed by atoms with Crippen molar-refractivity contribution in [2.24, 2.45) is 0 Å². The van der Waals surface area contributed by atoms with Gasteiger partial charge < -0.3 is 14.5 Å². The maximum Gasteiger partial charge on any atom is 0.151 e. The Morgan fingerprint density at radius 2 is 1.73 bits per heavy atom. The summed E-state index contributed by atoms with van der Waals surface area (Å²) in [6.07, 6.45) is 1.14. The second kappa shape index (κ2) is 8.54. The van der Waals surface area contributed by atoms with Crippen molar-refractivity contribution >= 4 is 5.82 Å². The molecule has 30 heavy (non-hydrogen) atoms. The van der Waals surface area contributed by atoms with Gasteiger partial charge in [-0.3, -0.25) is 0 Å². The molecule has 0 aliphatic carbocycles. The van der Waals surface area contributed by atoms with Crippen LogP contribution in [0.1, 0.15) is 29.0 Å². The van der Waals surface area contributed by atoms with Gasteiger partial charge in [0, 0.05) is 31.1 Å². The molecule has 0 saturated carbocycles. The molecule has 154 valence electrons. The van der Waals surface area contributed by atoms with Gasteiger partial charge in [0.25, 0.3) is 0 Å². The highest BCUT2D eigenvalue weighted by Crippen LogP contribution is 2.35. The normalized spacial score (nSPS) is 19.9. The Bertz CT molecular complexity index is 984. The average Bonchev–Trinajstić information content (AvgIpc) is 2.98. The first-order chi connectivity index (χ1) is 14.8. The predicted octanol–water partition coefficient (Wildman–Crippen LogP) is 3.95. The molecule has 5 nitrogen and oxygen atoms in total. The van der Waals surface area contributed by atoms with E-state index in [9.17, 15) is 0 Å². The van der Waals surface area contributed by atoms with Crippen LogP contribution < -0.4 is 4.90 Å². The molecule has 0 amide bonds. The second-order valence-electron chi connectivity index (χ2n) is 8.28. The zero-order chi connectivity index (χ0) is 20.3. The van der Waals surface area contributed by atoms with Crippen LogP contribution in [0.4, 0.5) is 5.82 Å². The lowest BCUT2D eigenvalue weighted by atomic mass is 9.86. The van der Waals surface area contributed by atoms with Gasteiger partial charge in [-0.25, -0.2) is 0 Å². The Labute approximate surface area is 178 Å². The number of fused-ring (bicyclic) bond motifs is 1. The van der Waals surface area contributed by atoms with E-state index >= 15 is 0 Å². The summed E-state index contributed by atoms with van der Waals surface area (Å²) in [7, 11) is 2.21. The van der Waals surface area contributed by atoms with E-state index in [1.165, 1.54) is 16.7 Å². The third-order valence-corrected chi connectivity index (χ3v) is 6.24. The van der Waals surface area contributed by atoms with Crippen molar-refractivity contribution in [1.29, 1.82) is 0 Å². The summed E-state index contributed by atoms with van der Waals surface area (Å²) in [6.45, 7) is 5.32. The molecule has 1 unspecified atom stereocenters. The third kappa shape index (κ3) is 3.95. The zero-order valence-corrected chi connectivity index (χ0v) is 17.5. The number of ether oxygens (including phenoxy) is 1. The van der Waals surface area contributed by atoms with Crippen LogP contribution in [-0.2, 0) is 11.3 Å². The maximum atomic E-state index is 5.43. The van der Waals surface area contributed by atoms with Crippen LogP contribution in [0.3, 0.4) is 0 Å². The van der Waals surface area contributed by atoms with Crippen molar-refractivity contribution in [2.75, 3.05) is 44.8 Å². The van der Waals surface area contributed by atoms with Crippen molar-refractivity contribution in [2.45, 2.75) is 18.9 Å². The fourth-order valence-electron chi connectivity index (χ4n) is 4.59. The second-order valence-corrected chi connectivity index (χ2v) is 8.28. The number of rotatable bonds is 3. The summed E-state index contributed by atoms with van der Waals surface area (Å²) >= 11 is 0. The molecule has 1 atom stereocenters. The number of benzene rings is 2. The number of nitrogens with zero attached hydrogens (tertiary/aromatic N) is 4. The molecule has 5 heteroatoms. The number of anilines is 1. The van der Waals surface area contributed by atoms with Gasteiger partial charge in [0.2, 0.25) is 0 Å². The van der Waals surface area contributed by atoms with E-state index in [2.05, 4.69) is 87.7 Å². The molecule has 2 aliphatic rings. The average molecular weight is 401 g/mol. The van der Waals surface area contributed by atoms with Crippen LogP contribution in [0.15, 0.2) is 60.7 Å². The number of hydrogen-bond donors (Lipinski definition) is 0. The van der Waals surface area contributed by atoms with Crippen molar-refractivity contribution in [3.63, 3.8) is 0 Å². The zero-order valence-electron chi connectivity index (χ0n) is 17.5. The number of aromatic nitrogens is 2. The first-order valence-corrected chi connectivity index (χ1v) is 10.8. The van der Waals surface area contributed by atoms with Crippen LogP contribution >= 0.6 is 0 Å². The number of morpholine rings is 1. The summed E-state index contributed by atoms with van der Waals surface area (Å²) in [4.78, 5) is 4.65. The minimum absolute atomic E-state index is 0.440. The fourth-order valence-corrected chi connectivity index (χ4v) is 4.59. The summed E-state index contributed by atoms with van der Waals surface area (Å²) < 4.78 is 5.43. The lowest BCUT2D eigenvalue weighted by Gasteiger charge is -2.27. The van der Waals surface area contributed by atoms with E-state index < -0.39 is 0 Å². The summed E-state index contributed by atoms with van der Waals surface area (Å²) in [6, 6.07) is 21.9.